The fourth-order valence-corrected chi connectivity index (χ4v) is 4.00. The maximum atomic E-state index is 13.1. The zero-order chi connectivity index (χ0) is 32.4. The Kier molecular flexibility index (Phi) is 16.9. The first-order valence-corrected chi connectivity index (χ1v) is 14.3. The van der Waals surface area contributed by atoms with Crippen molar-refractivity contribution >= 4 is 41.4 Å². The van der Waals surface area contributed by atoms with Gasteiger partial charge in [0.2, 0.25) is 12.8 Å². The molecule has 43 heavy (non-hydrogen) atoms. The molecule has 0 saturated carbocycles. The Morgan fingerprint density at radius 1 is 1.02 bits per heavy atom. The summed E-state index contributed by atoms with van der Waals surface area (Å²) in [4.78, 5) is 27.9. The van der Waals surface area contributed by atoms with Crippen molar-refractivity contribution in [3.8, 4) is 17.0 Å². The number of nitrogens with zero attached hydrogens (tertiary/aromatic N) is 2. The number of amides is 2. The number of carbonyl (C=O) groups is 2. The molecule has 0 radical (unpaired) electrons. The number of nitrogens with one attached hydrogen (secondary N) is 1. The largest absolute Gasteiger partial charge is 0.494 e. The molecule has 0 aliphatic heterocycles. The number of carbonyl (C=O) groups excluding carboxylic acids is 2. The smallest absolute Gasteiger partial charge is 0.207 e. The summed E-state index contributed by atoms with van der Waals surface area (Å²) in [6.45, 7) is 14.6. The maximum Gasteiger partial charge on any atom is 0.207 e. The maximum absolute atomic E-state index is 13.1. The van der Waals surface area contributed by atoms with Crippen LogP contribution in [0.5, 0.6) is 5.75 Å². The Bertz CT molecular complexity index is 1480. The van der Waals surface area contributed by atoms with Gasteiger partial charge < -0.3 is 15.8 Å². The summed E-state index contributed by atoms with van der Waals surface area (Å²) in [7, 11) is 1.65. The molecule has 2 aromatic carbocycles. The number of methoxy groups -OCH3 is 1. The second-order valence-electron chi connectivity index (χ2n) is 9.46. The molecule has 0 fully saturated rings. The van der Waals surface area contributed by atoms with E-state index in [0.717, 1.165) is 56.0 Å². The van der Waals surface area contributed by atoms with Crippen molar-refractivity contribution in [3.05, 3.63) is 94.0 Å². The van der Waals surface area contributed by atoms with E-state index in [-0.39, 0.29) is 12.2 Å². The molecule has 4 aromatic rings. The number of fused-ring (bicyclic) bond motifs is 1. The second kappa shape index (κ2) is 19.8. The van der Waals surface area contributed by atoms with Gasteiger partial charge in [-0.15, -0.1) is 0 Å². The lowest BCUT2D eigenvalue weighted by molar-refractivity contribution is -0.109. The number of primary amides is 1. The van der Waals surface area contributed by atoms with E-state index in [1.54, 1.807) is 25.3 Å². The van der Waals surface area contributed by atoms with Crippen molar-refractivity contribution in [1.82, 2.24) is 15.3 Å². The number of ether oxygens (including phenoxy) is 1. The van der Waals surface area contributed by atoms with Crippen LogP contribution in [0.15, 0.2) is 55.1 Å². The molecule has 3 N–H and O–H groups in total. The van der Waals surface area contributed by atoms with Crippen molar-refractivity contribution in [2.45, 2.75) is 53.9 Å². The predicted molar refractivity (Wildman–Crippen MR) is 176 cm³/mol. The first-order valence-electron chi connectivity index (χ1n) is 13.9. The Hall–Kier alpha value is -4.30. The van der Waals surface area contributed by atoms with Crippen molar-refractivity contribution in [3.63, 3.8) is 0 Å². The molecule has 2 aromatic heterocycles. The summed E-state index contributed by atoms with van der Waals surface area (Å²) in [6, 6.07) is 14.2. The van der Waals surface area contributed by atoms with Crippen LogP contribution < -0.4 is 15.8 Å². The number of rotatable bonds is 8. The van der Waals surface area contributed by atoms with Crippen LogP contribution in [0.2, 0.25) is 5.02 Å². The molecule has 9 heteroatoms. The quantitative estimate of drug-likeness (QED) is 0.159. The van der Waals surface area contributed by atoms with E-state index in [2.05, 4.69) is 47.5 Å². The van der Waals surface area contributed by atoms with Gasteiger partial charge in [-0.2, -0.15) is 0 Å². The van der Waals surface area contributed by atoms with Crippen LogP contribution in [0, 0.1) is 26.6 Å². The van der Waals surface area contributed by atoms with Crippen LogP contribution in [-0.2, 0) is 16.0 Å². The van der Waals surface area contributed by atoms with Crippen LogP contribution in [0.3, 0.4) is 0 Å². The number of hydrogen-bond acceptors (Lipinski definition) is 5. The van der Waals surface area contributed by atoms with Crippen molar-refractivity contribution in [1.29, 1.82) is 0 Å². The Labute approximate surface area is 259 Å². The number of unbranched alkanes of at least 4 members (excludes halogenated alkanes) is 1. The molecule has 0 aliphatic carbocycles. The highest BCUT2D eigenvalue weighted by Crippen LogP contribution is 2.29. The molecule has 2 amide bonds. The van der Waals surface area contributed by atoms with Gasteiger partial charge in [-0.05, 0) is 80.4 Å². The van der Waals surface area contributed by atoms with Crippen LogP contribution in [-0.4, -0.2) is 36.4 Å². The number of aryl methyl sites for hydroxylation is 3. The zero-order valence-corrected chi connectivity index (χ0v) is 26.6. The topological polar surface area (TPSA) is 107 Å². The van der Waals surface area contributed by atoms with E-state index in [9.17, 15) is 9.18 Å². The molecular weight excluding hydrogens is 567 g/mol. The molecule has 7 nitrogen and oxygen atoms in total. The summed E-state index contributed by atoms with van der Waals surface area (Å²) in [5, 5.41) is 4.33. The van der Waals surface area contributed by atoms with Gasteiger partial charge in [0.1, 0.15) is 17.1 Å². The van der Waals surface area contributed by atoms with Gasteiger partial charge in [0.25, 0.3) is 0 Å². The Morgan fingerprint density at radius 3 is 2.19 bits per heavy atom. The van der Waals surface area contributed by atoms with E-state index in [0.29, 0.717) is 24.4 Å². The third kappa shape index (κ3) is 11.8. The summed E-state index contributed by atoms with van der Waals surface area (Å²) in [5.41, 5.74) is 11.5. The van der Waals surface area contributed by atoms with Gasteiger partial charge in [-0.3, -0.25) is 14.6 Å². The molecule has 4 rings (SSSR count). The molecule has 0 atom stereocenters. The lowest BCUT2D eigenvalue weighted by Gasteiger charge is -2.12. The van der Waals surface area contributed by atoms with E-state index < -0.39 is 0 Å². The SMILES string of the molecule is C=Cc1c(C)cc(CCNC=O)nc1-c1ccc(F)cc1.CCCC.COc1cc(C)cc2cc(Cl)c(C)nc12.NC=O. The van der Waals surface area contributed by atoms with E-state index in [1.165, 1.54) is 25.0 Å². The summed E-state index contributed by atoms with van der Waals surface area (Å²) < 4.78 is 18.4. The third-order valence-electron chi connectivity index (χ3n) is 6.13. The van der Waals surface area contributed by atoms with Crippen LogP contribution >= 0.6 is 11.6 Å². The first kappa shape index (κ1) is 36.7. The first-order chi connectivity index (χ1) is 20.6. The van der Waals surface area contributed by atoms with Crippen molar-refractivity contribution < 1.29 is 18.7 Å². The van der Waals surface area contributed by atoms with Crippen molar-refractivity contribution in [2.24, 2.45) is 5.73 Å². The van der Waals surface area contributed by atoms with Gasteiger partial charge in [0.05, 0.1) is 23.5 Å². The van der Waals surface area contributed by atoms with E-state index >= 15 is 0 Å². The fourth-order valence-electron chi connectivity index (χ4n) is 3.84. The molecule has 0 bridgehead atoms. The van der Waals surface area contributed by atoms with Crippen molar-refractivity contribution in [2.75, 3.05) is 13.7 Å². The summed E-state index contributed by atoms with van der Waals surface area (Å²) >= 11 is 6.03. The number of benzene rings is 2. The second-order valence-corrected chi connectivity index (χ2v) is 9.86. The predicted octanol–water partition coefficient (Wildman–Crippen LogP) is 7.55. The van der Waals surface area contributed by atoms with E-state index in [4.69, 9.17) is 21.1 Å². The van der Waals surface area contributed by atoms with Gasteiger partial charge in [-0.1, -0.05) is 50.9 Å². The zero-order valence-electron chi connectivity index (χ0n) is 25.8. The Morgan fingerprint density at radius 2 is 1.65 bits per heavy atom. The number of nitrogens with two attached hydrogens (primary N) is 1. The number of pyridine rings is 2. The van der Waals surface area contributed by atoms with Crippen LogP contribution in [0.1, 0.15) is 54.8 Å². The number of halogens is 2. The molecule has 0 unspecified atom stereocenters. The van der Waals surface area contributed by atoms with Gasteiger partial charge in [-0.25, -0.2) is 9.37 Å². The average molecular weight is 609 g/mol. The minimum absolute atomic E-state index is 0.250. The Balaban J connectivity index is 0.000000365. The highest BCUT2D eigenvalue weighted by molar-refractivity contribution is 6.31. The molecule has 0 aliphatic rings. The molecule has 2 heterocycles. The molecular formula is C34H42ClFN4O3. The standard InChI is InChI=1S/C17H17FN2O.C12H12ClNO.C4H10.CH3NO/c1-3-16-12(2)10-15(8-9-19-11-21)20-17(16)13-4-6-14(18)7-5-13;1-7-4-9-6-10(13)8(2)14-12(9)11(5-7)15-3;1-3-4-2;2-1-3/h3-7,10-11H,1,8-9H2,2H3,(H,19,21);4-6H,1-3H3;3-4H2,1-2H3;1H,(H2,2,3). The van der Waals surface area contributed by atoms with Gasteiger partial charge in [0, 0.05) is 35.2 Å². The molecule has 0 saturated heterocycles. The lowest BCUT2D eigenvalue weighted by atomic mass is 10.00. The highest BCUT2D eigenvalue weighted by Gasteiger charge is 2.10. The van der Waals surface area contributed by atoms with Gasteiger partial charge in [0.15, 0.2) is 0 Å². The number of hydrogen-bond donors (Lipinski definition) is 2. The lowest BCUT2D eigenvalue weighted by Crippen LogP contribution is -2.15. The summed E-state index contributed by atoms with van der Waals surface area (Å²) in [6.07, 6.45) is 5.96. The minimum Gasteiger partial charge on any atom is -0.494 e. The summed E-state index contributed by atoms with van der Waals surface area (Å²) in [5.74, 6) is 0.520. The number of aromatic nitrogens is 2. The molecule has 230 valence electrons. The average Bonchev–Trinajstić information content (AvgIpc) is 2.99. The normalized spacial score (nSPS) is 9.67. The van der Waals surface area contributed by atoms with E-state index in [1.807, 2.05) is 39.0 Å². The molecule has 0 spiro atoms. The fraction of sp³-hybridized carbons (Fsp3) is 0.294. The van der Waals surface area contributed by atoms with Crippen LogP contribution in [0.4, 0.5) is 4.39 Å². The van der Waals surface area contributed by atoms with Gasteiger partial charge >= 0.3 is 0 Å². The third-order valence-corrected chi connectivity index (χ3v) is 6.51. The highest BCUT2D eigenvalue weighted by atomic mass is 35.5. The van der Waals surface area contributed by atoms with Crippen LogP contribution in [0.25, 0.3) is 28.2 Å². The minimum atomic E-state index is -0.276. The monoisotopic (exact) mass is 608 g/mol.